The molecule has 3 N–H and O–H groups in total. The van der Waals surface area contributed by atoms with Gasteiger partial charge in [0.05, 0.1) is 12.5 Å². The summed E-state index contributed by atoms with van der Waals surface area (Å²) in [6, 6.07) is 0. The Labute approximate surface area is 87.0 Å². The Morgan fingerprint density at radius 2 is 2.33 bits per heavy atom. The van der Waals surface area contributed by atoms with Crippen molar-refractivity contribution >= 4 is 5.91 Å². The molecule has 0 aromatic carbocycles. The third-order valence-corrected chi connectivity index (χ3v) is 2.42. The summed E-state index contributed by atoms with van der Waals surface area (Å²) in [6.07, 6.45) is 1.61. The highest BCUT2D eigenvalue weighted by atomic mass is 19.3. The van der Waals surface area contributed by atoms with Crippen LogP contribution in [0.1, 0.15) is 12.8 Å². The first kappa shape index (κ1) is 12.3. The van der Waals surface area contributed by atoms with E-state index in [0.29, 0.717) is 6.54 Å². The molecule has 1 amide bonds. The molecule has 0 unspecified atom stereocenters. The van der Waals surface area contributed by atoms with Crippen molar-refractivity contribution in [3.8, 4) is 0 Å². The lowest BCUT2D eigenvalue weighted by molar-refractivity contribution is -0.128. The second kappa shape index (κ2) is 5.37. The number of rotatable bonds is 4. The van der Waals surface area contributed by atoms with Crippen molar-refractivity contribution < 1.29 is 18.7 Å². The SMILES string of the molecule is O=C(NCC(F)(F)CO)[C@H]1CCCNC1. The number of aliphatic hydroxyl groups is 1. The van der Waals surface area contributed by atoms with Crippen molar-refractivity contribution in [3.63, 3.8) is 0 Å². The number of amides is 1. The van der Waals surface area contributed by atoms with Gasteiger partial charge >= 0.3 is 0 Å². The predicted octanol–water partition coefficient (Wildman–Crippen LogP) is -0.270. The molecule has 1 atom stereocenters. The first-order chi connectivity index (χ1) is 7.05. The van der Waals surface area contributed by atoms with Gasteiger partial charge in [-0.2, -0.15) is 0 Å². The minimum atomic E-state index is -3.22. The molecule has 0 radical (unpaired) electrons. The Morgan fingerprint density at radius 3 is 2.87 bits per heavy atom. The van der Waals surface area contributed by atoms with Gasteiger partial charge in [-0.1, -0.05) is 0 Å². The molecule has 0 spiro atoms. The van der Waals surface area contributed by atoms with Crippen molar-refractivity contribution in [1.82, 2.24) is 10.6 Å². The van der Waals surface area contributed by atoms with E-state index in [2.05, 4.69) is 10.6 Å². The van der Waals surface area contributed by atoms with Crippen molar-refractivity contribution in [3.05, 3.63) is 0 Å². The van der Waals surface area contributed by atoms with Crippen LogP contribution in [0.5, 0.6) is 0 Å². The van der Waals surface area contributed by atoms with Crippen LogP contribution in [-0.4, -0.2) is 43.2 Å². The lowest BCUT2D eigenvalue weighted by Gasteiger charge is -2.23. The molecular formula is C9H16F2N2O2. The number of piperidine rings is 1. The van der Waals surface area contributed by atoms with Crippen LogP contribution in [0.2, 0.25) is 0 Å². The molecule has 88 valence electrons. The maximum absolute atomic E-state index is 12.6. The van der Waals surface area contributed by atoms with E-state index in [4.69, 9.17) is 5.11 Å². The lowest BCUT2D eigenvalue weighted by Crippen LogP contribution is -2.45. The zero-order valence-corrected chi connectivity index (χ0v) is 8.43. The maximum Gasteiger partial charge on any atom is 0.287 e. The van der Waals surface area contributed by atoms with E-state index in [1.165, 1.54) is 0 Å². The molecule has 0 bridgehead atoms. The van der Waals surface area contributed by atoms with Gasteiger partial charge < -0.3 is 15.7 Å². The minimum Gasteiger partial charge on any atom is -0.390 e. The fraction of sp³-hybridized carbons (Fsp3) is 0.889. The molecule has 1 aliphatic heterocycles. The monoisotopic (exact) mass is 222 g/mol. The molecule has 1 fully saturated rings. The zero-order valence-electron chi connectivity index (χ0n) is 8.43. The molecule has 0 aromatic heterocycles. The van der Waals surface area contributed by atoms with E-state index < -0.39 is 19.1 Å². The Kier molecular flexibility index (Phi) is 4.41. The largest absolute Gasteiger partial charge is 0.390 e. The third kappa shape index (κ3) is 4.09. The summed E-state index contributed by atoms with van der Waals surface area (Å²) in [6.45, 7) is -0.623. The van der Waals surface area contributed by atoms with Gasteiger partial charge in [-0.05, 0) is 19.4 Å². The average molecular weight is 222 g/mol. The van der Waals surface area contributed by atoms with Crippen LogP contribution < -0.4 is 10.6 Å². The minimum absolute atomic E-state index is 0.228. The van der Waals surface area contributed by atoms with E-state index in [-0.39, 0.29) is 11.8 Å². The van der Waals surface area contributed by atoms with Gasteiger partial charge in [0.15, 0.2) is 0 Å². The highest BCUT2D eigenvalue weighted by Gasteiger charge is 2.30. The summed E-state index contributed by atoms with van der Waals surface area (Å²) in [5.41, 5.74) is 0. The summed E-state index contributed by atoms with van der Waals surface area (Å²) < 4.78 is 25.2. The van der Waals surface area contributed by atoms with Crippen molar-refractivity contribution in [1.29, 1.82) is 0 Å². The van der Waals surface area contributed by atoms with E-state index in [0.717, 1.165) is 19.4 Å². The summed E-state index contributed by atoms with van der Waals surface area (Å²) in [4.78, 5) is 11.4. The summed E-state index contributed by atoms with van der Waals surface area (Å²) in [5, 5.41) is 13.5. The first-order valence-electron chi connectivity index (χ1n) is 5.02. The van der Waals surface area contributed by atoms with Crippen molar-refractivity contribution in [2.45, 2.75) is 18.8 Å². The Bertz CT molecular complexity index is 218. The highest BCUT2D eigenvalue weighted by molar-refractivity contribution is 5.79. The summed E-state index contributed by atoms with van der Waals surface area (Å²) >= 11 is 0. The van der Waals surface area contributed by atoms with Crippen LogP contribution in [0, 0.1) is 5.92 Å². The molecule has 1 aliphatic rings. The van der Waals surface area contributed by atoms with Gasteiger partial charge in [-0.25, -0.2) is 8.78 Å². The predicted molar refractivity (Wildman–Crippen MR) is 50.6 cm³/mol. The van der Waals surface area contributed by atoms with E-state index in [1.807, 2.05) is 0 Å². The number of halogens is 2. The molecular weight excluding hydrogens is 206 g/mol. The highest BCUT2D eigenvalue weighted by Crippen LogP contribution is 2.12. The van der Waals surface area contributed by atoms with Crippen LogP contribution in [0.25, 0.3) is 0 Å². The Balaban J connectivity index is 2.28. The Morgan fingerprint density at radius 1 is 1.60 bits per heavy atom. The van der Waals surface area contributed by atoms with Crippen LogP contribution in [0.15, 0.2) is 0 Å². The van der Waals surface area contributed by atoms with Gasteiger partial charge in [-0.15, -0.1) is 0 Å². The summed E-state index contributed by atoms with van der Waals surface area (Å²) in [5.74, 6) is -3.82. The second-order valence-electron chi connectivity index (χ2n) is 3.78. The van der Waals surface area contributed by atoms with Crippen LogP contribution in [0.3, 0.4) is 0 Å². The number of hydrogen-bond donors (Lipinski definition) is 3. The van der Waals surface area contributed by atoms with E-state index in [1.54, 1.807) is 0 Å². The maximum atomic E-state index is 12.6. The number of carbonyl (C=O) groups is 1. The van der Waals surface area contributed by atoms with Gasteiger partial charge in [0.1, 0.15) is 6.61 Å². The number of hydrogen-bond acceptors (Lipinski definition) is 3. The van der Waals surface area contributed by atoms with Crippen molar-refractivity contribution in [2.24, 2.45) is 5.92 Å². The normalized spacial score (nSPS) is 22.5. The first-order valence-corrected chi connectivity index (χ1v) is 5.02. The molecule has 6 heteroatoms. The fourth-order valence-corrected chi connectivity index (χ4v) is 1.49. The van der Waals surface area contributed by atoms with Crippen LogP contribution in [-0.2, 0) is 4.79 Å². The standard InChI is InChI=1S/C9H16F2N2O2/c10-9(11,6-14)5-13-8(15)7-2-1-3-12-4-7/h7,12,14H,1-6H2,(H,13,15)/t7-/m0/s1. The zero-order chi connectivity index (χ0) is 11.3. The molecule has 0 saturated carbocycles. The number of alkyl halides is 2. The number of aliphatic hydroxyl groups excluding tert-OH is 1. The molecule has 1 saturated heterocycles. The smallest absolute Gasteiger partial charge is 0.287 e. The van der Waals surface area contributed by atoms with Gasteiger partial charge in [-0.3, -0.25) is 4.79 Å². The summed E-state index contributed by atoms with van der Waals surface area (Å²) in [7, 11) is 0. The number of carbonyl (C=O) groups excluding carboxylic acids is 1. The average Bonchev–Trinajstić information content (AvgIpc) is 2.27. The molecule has 1 rings (SSSR count). The fourth-order valence-electron chi connectivity index (χ4n) is 1.49. The second-order valence-corrected chi connectivity index (χ2v) is 3.78. The van der Waals surface area contributed by atoms with Gasteiger partial charge in [0.2, 0.25) is 5.91 Å². The third-order valence-electron chi connectivity index (χ3n) is 2.42. The number of nitrogens with one attached hydrogen (secondary N) is 2. The molecule has 0 aliphatic carbocycles. The van der Waals surface area contributed by atoms with Crippen molar-refractivity contribution in [2.75, 3.05) is 26.2 Å². The van der Waals surface area contributed by atoms with E-state index in [9.17, 15) is 13.6 Å². The quantitative estimate of drug-likeness (QED) is 0.613. The van der Waals surface area contributed by atoms with Gasteiger partial charge in [0.25, 0.3) is 5.92 Å². The van der Waals surface area contributed by atoms with E-state index >= 15 is 0 Å². The molecule has 0 aromatic rings. The topological polar surface area (TPSA) is 61.4 Å². The van der Waals surface area contributed by atoms with Crippen LogP contribution >= 0.6 is 0 Å². The molecule has 1 heterocycles. The molecule has 15 heavy (non-hydrogen) atoms. The van der Waals surface area contributed by atoms with Crippen LogP contribution in [0.4, 0.5) is 8.78 Å². The lowest BCUT2D eigenvalue weighted by atomic mass is 9.99. The molecule has 4 nitrogen and oxygen atoms in total. The van der Waals surface area contributed by atoms with Gasteiger partial charge in [0, 0.05) is 6.54 Å². The Hall–Kier alpha value is -0.750.